The molecule has 0 unspecified atom stereocenters. The summed E-state index contributed by atoms with van der Waals surface area (Å²) in [6.45, 7) is 7.51. The Bertz CT molecular complexity index is 748. The summed E-state index contributed by atoms with van der Waals surface area (Å²) < 4.78 is 10.6. The molecule has 2 aromatic rings. The average Bonchev–Trinajstić information content (AvgIpc) is 2.91. The average molecular weight is 287 g/mol. The van der Waals surface area contributed by atoms with Crippen LogP contribution in [0.5, 0.6) is 0 Å². The Morgan fingerprint density at radius 3 is 2.62 bits per heavy atom. The summed E-state index contributed by atoms with van der Waals surface area (Å²) in [5.41, 5.74) is 1.24. The molecule has 0 aromatic carbocycles. The number of aryl methyl sites for hydroxylation is 1. The summed E-state index contributed by atoms with van der Waals surface area (Å²) >= 11 is 0. The topological polar surface area (TPSA) is 73.3 Å². The Balaban J connectivity index is 2.07. The second kappa shape index (κ2) is 4.41. The number of hydrogen-bond acceptors (Lipinski definition) is 5. The lowest BCUT2D eigenvalue weighted by Crippen LogP contribution is -2.26. The molecule has 0 amide bonds. The lowest BCUT2D eigenvalue weighted by atomic mass is 9.76. The number of rotatable bonds is 2. The molecule has 2 aromatic heterocycles. The van der Waals surface area contributed by atoms with Crippen LogP contribution in [0, 0.1) is 19.3 Å². The summed E-state index contributed by atoms with van der Waals surface area (Å²) in [5.74, 6) is 1.06. The van der Waals surface area contributed by atoms with Gasteiger partial charge in [0.05, 0.1) is 5.56 Å². The van der Waals surface area contributed by atoms with E-state index in [1.807, 2.05) is 13.8 Å². The summed E-state index contributed by atoms with van der Waals surface area (Å²) in [4.78, 5) is 24.7. The maximum Gasteiger partial charge on any atom is 0.250 e. The fourth-order valence-electron chi connectivity index (χ4n) is 2.89. The number of Topliss-reactive ketones (excluding diaryl/α,β-unsaturated/α-hetero) is 1. The molecule has 0 spiro atoms. The normalized spacial score (nSPS) is 16.9. The number of ketones is 2. The first-order chi connectivity index (χ1) is 9.78. The molecule has 0 bridgehead atoms. The van der Waals surface area contributed by atoms with E-state index in [-0.39, 0.29) is 28.4 Å². The molecule has 1 aliphatic rings. The van der Waals surface area contributed by atoms with Gasteiger partial charge in [-0.15, -0.1) is 0 Å². The highest BCUT2D eigenvalue weighted by Gasteiger charge is 2.37. The fraction of sp³-hybridized carbons (Fsp3) is 0.438. The van der Waals surface area contributed by atoms with Crippen LogP contribution in [0.2, 0.25) is 0 Å². The minimum Gasteiger partial charge on any atom is -0.456 e. The zero-order valence-electron chi connectivity index (χ0n) is 12.6. The minimum atomic E-state index is -0.343. The molecule has 0 N–H and O–H groups in total. The van der Waals surface area contributed by atoms with Crippen LogP contribution >= 0.6 is 0 Å². The molecule has 0 saturated carbocycles. The van der Waals surface area contributed by atoms with Crippen molar-refractivity contribution in [3.8, 4) is 0 Å². The van der Waals surface area contributed by atoms with Crippen molar-refractivity contribution in [1.29, 1.82) is 0 Å². The molecule has 5 heteroatoms. The van der Waals surface area contributed by atoms with Gasteiger partial charge in [-0.3, -0.25) is 9.59 Å². The number of fused-ring (bicyclic) bond motifs is 1. The summed E-state index contributed by atoms with van der Waals surface area (Å²) in [6, 6.07) is 1.56. The van der Waals surface area contributed by atoms with Gasteiger partial charge in [0.25, 0.3) is 0 Å². The molecule has 110 valence electrons. The smallest absolute Gasteiger partial charge is 0.250 e. The zero-order valence-corrected chi connectivity index (χ0v) is 12.6. The number of carbonyl (C=O) groups excluding carboxylic acids is 2. The van der Waals surface area contributed by atoms with Gasteiger partial charge in [-0.2, -0.15) is 0 Å². The first kappa shape index (κ1) is 13.8. The van der Waals surface area contributed by atoms with Crippen LogP contribution in [0.4, 0.5) is 0 Å². The number of nitrogens with zero attached hydrogens (tertiary/aromatic N) is 1. The summed E-state index contributed by atoms with van der Waals surface area (Å²) in [5, 5.41) is 3.72. The van der Waals surface area contributed by atoms with Crippen molar-refractivity contribution in [2.24, 2.45) is 5.41 Å². The molecular weight excluding hydrogens is 270 g/mol. The Hall–Kier alpha value is -2.17. The van der Waals surface area contributed by atoms with Crippen LogP contribution in [0.3, 0.4) is 0 Å². The van der Waals surface area contributed by atoms with Crippen molar-refractivity contribution < 1.29 is 18.5 Å². The molecule has 0 fully saturated rings. The molecule has 0 atom stereocenters. The highest BCUT2D eigenvalue weighted by Crippen LogP contribution is 2.38. The molecule has 5 nitrogen and oxygen atoms in total. The van der Waals surface area contributed by atoms with Gasteiger partial charge < -0.3 is 8.94 Å². The van der Waals surface area contributed by atoms with Gasteiger partial charge in [0.1, 0.15) is 11.5 Å². The molecule has 2 heterocycles. The van der Waals surface area contributed by atoms with Crippen LogP contribution in [-0.2, 0) is 6.42 Å². The fourth-order valence-corrected chi connectivity index (χ4v) is 2.89. The third-order valence-corrected chi connectivity index (χ3v) is 3.84. The third kappa shape index (κ3) is 2.22. The van der Waals surface area contributed by atoms with E-state index in [2.05, 4.69) is 5.16 Å². The molecule has 21 heavy (non-hydrogen) atoms. The number of carbonyl (C=O) groups is 2. The van der Waals surface area contributed by atoms with Gasteiger partial charge in [0.15, 0.2) is 17.2 Å². The first-order valence-corrected chi connectivity index (χ1v) is 6.92. The third-order valence-electron chi connectivity index (χ3n) is 3.84. The summed E-state index contributed by atoms with van der Waals surface area (Å²) in [6.07, 6.45) is 1.12. The van der Waals surface area contributed by atoms with Gasteiger partial charge in [-0.25, -0.2) is 0 Å². The number of furan rings is 1. The van der Waals surface area contributed by atoms with Crippen molar-refractivity contribution in [3.63, 3.8) is 0 Å². The van der Waals surface area contributed by atoms with Crippen molar-refractivity contribution >= 4 is 11.6 Å². The predicted molar refractivity (Wildman–Crippen MR) is 74.6 cm³/mol. The van der Waals surface area contributed by atoms with Crippen molar-refractivity contribution in [3.05, 3.63) is 40.2 Å². The van der Waals surface area contributed by atoms with E-state index in [0.717, 1.165) is 0 Å². The number of aromatic nitrogens is 1. The van der Waals surface area contributed by atoms with Crippen molar-refractivity contribution in [1.82, 2.24) is 5.16 Å². The van der Waals surface area contributed by atoms with E-state index in [1.165, 1.54) is 0 Å². The maximum atomic E-state index is 12.4. The molecule has 1 aliphatic carbocycles. The zero-order chi connectivity index (χ0) is 15.4. The highest BCUT2D eigenvalue weighted by molar-refractivity contribution is 6.10. The van der Waals surface area contributed by atoms with Crippen molar-refractivity contribution in [2.75, 3.05) is 0 Å². The second-order valence-corrected chi connectivity index (χ2v) is 6.45. The van der Waals surface area contributed by atoms with E-state index >= 15 is 0 Å². The van der Waals surface area contributed by atoms with Crippen molar-refractivity contribution in [2.45, 2.75) is 40.5 Å². The number of hydrogen-bond donors (Lipinski definition) is 0. The van der Waals surface area contributed by atoms with Gasteiger partial charge in [0, 0.05) is 24.5 Å². The summed E-state index contributed by atoms with van der Waals surface area (Å²) in [7, 11) is 0. The van der Waals surface area contributed by atoms with E-state index in [9.17, 15) is 9.59 Å². The van der Waals surface area contributed by atoms with Crippen LogP contribution in [-0.4, -0.2) is 16.7 Å². The van der Waals surface area contributed by atoms with Gasteiger partial charge in [-0.05, 0) is 19.3 Å². The molecule has 0 saturated heterocycles. The van der Waals surface area contributed by atoms with Gasteiger partial charge in [0.2, 0.25) is 5.78 Å². The van der Waals surface area contributed by atoms with E-state index < -0.39 is 0 Å². The van der Waals surface area contributed by atoms with Crippen LogP contribution < -0.4 is 0 Å². The largest absolute Gasteiger partial charge is 0.456 e. The van der Waals surface area contributed by atoms with E-state index in [4.69, 9.17) is 8.94 Å². The quantitative estimate of drug-likeness (QED) is 0.792. The SMILES string of the molecule is Cc1cc(C(=O)c2oc3c(c2C)C(=O)CC(C)(C)C3)no1. The lowest BCUT2D eigenvalue weighted by Gasteiger charge is -2.27. The van der Waals surface area contributed by atoms with Crippen LogP contribution in [0.25, 0.3) is 0 Å². The Labute approximate surface area is 122 Å². The molecule has 0 aliphatic heterocycles. The molecule has 3 rings (SSSR count). The van der Waals surface area contributed by atoms with Gasteiger partial charge >= 0.3 is 0 Å². The van der Waals surface area contributed by atoms with E-state index in [1.54, 1.807) is 19.9 Å². The highest BCUT2D eigenvalue weighted by atomic mass is 16.5. The predicted octanol–water partition coefficient (Wildman–Crippen LogP) is 3.27. The standard InChI is InChI=1S/C16H17NO4/c1-8-5-10(17-21-8)14(19)15-9(2)13-11(18)6-16(3,4)7-12(13)20-15/h5H,6-7H2,1-4H3. The monoisotopic (exact) mass is 287 g/mol. The van der Waals surface area contributed by atoms with Gasteiger partial charge in [-0.1, -0.05) is 19.0 Å². The Kier molecular flexibility index (Phi) is 2.90. The Morgan fingerprint density at radius 2 is 2.00 bits per heavy atom. The maximum absolute atomic E-state index is 12.4. The minimum absolute atomic E-state index is 0.0397. The van der Waals surface area contributed by atoms with E-state index in [0.29, 0.717) is 35.5 Å². The van der Waals surface area contributed by atoms with Crippen LogP contribution in [0.1, 0.15) is 64.0 Å². The lowest BCUT2D eigenvalue weighted by molar-refractivity contribution is 0.0899. The second-order valence-electron chi connectivity index (χ2n) is 6.45. The molecule has 0 radical (unpaired) electrons. The Morgan fingerprint density at radius 1 is 1.29 bits per heavy atom. The van der Waals surface area contributed by atoms with Crippen LogP contribution in [0.15, 0.2) is 15.0 Å². The first-order valence-electron chi connectivity index (χ1n) is 6.92. The molecular formula is C16H17NO4.